The number of carboxylic acid groups (broad SMARTS) is 1. The van der Waals surface area contributed by atoms with Crippen molar-refractivity contribution in [2.75, 3.05) is 0 Å². The van der Waals surface area contributed by atoms with Crippen LogP contribution in [0.15, 0.2) is 71.4 Å². The van der Waals surface area contributed by atoms with E-state index in [2.05, 4.69) is 0 Å². The Kier molecular flexibility index (Phi) is 19.5. The predicted octanol–water partition coefficient (Wildman–Crippen LogP) is 3.39. The van der Waals surface area contributed by atoms with Crippen LogP contribution >= 0.6 is 23.2 Å². The van der Waals surface area contributed by atoms with Crippen molar-refractivity contribution in [2.24, 2.45) is 17.6 Å². The number of rotatable bonds is 18. The summed E-state index contributed by atoms with van der Waals surface area (Å²) in [6, 6.07) is 0. The maximum absolute atomic E-state index is 12.1. The molecule has 8 N–H and O–H groups in total. The van der Waals surface area contributed by atoms with Crippen LogP contribution in [-0.2, 0) is 19.1 Å². The van der Waals surface area contributed by atoms with Crippen molar-refractivity contribution in [3.63, 3.8) is 0 Å². The molecule has 0 aromatic heterocycles. The van der Waals surface area contributed by atoms with Crippen LogP contribution in [0.2, 0.25) is 0 Å². The monoisotopic (exact) mass is 703 g/mol. The average molecular weight is 705 g/mol. The quantitative estimate of drug-likeness (QED) is 0.0361. The second kappa shape index (κ2) is 21.8. The summed E-state index contributed by atoms with van der Waals surface area (Å²) in [5.41, 5.74) is 5.86. The first-order valence-electron chi connectivity index (χ1n) is 15.2. The number of ether oxygens (including phenoxy) is 2. The van der Waals surface area contributed by atoms with Crippen LogP contribution in [0.4, 0.5) is 4.79 Å². The van der Waals surface area contributed by atoms with Crippen molar-refractivity contribution < 1.29 is 54.5 Å². The molecule has 0 aliphatic heterocycles. The summed E-state index contributed by atoms with van der Waals surface area (Å²) >= 11 is 12.5. The molecule has 1 aliphatic rings. The largest absolute Gasteiger partial charge is 0.481 e. The van der Waals surface area contributed by atoms with Gasteiger partial charge >= 0.3 is 18.0 Å². The lowest BCUT2D eigenvalue weighted by atomic mass is 9.85. The molecule has 10 unspecified atom stereocenters. The van der Waals surface area contributed by atoms with Crippen molar-refractivity contribution in [1.82, 2.24) is 0 Å². The molecule has 1 rings (SSSR count). The fraction of sp³-hybridized carbons (Fsp3) is 0.545. The minimum absolute atomic E-state index is 0.0622. The predicted molar refractivity (Wildman–Crippen MR) is 177 cm³/mol. The van der Waals surface area contributed by atoms with Crippen molar-refractivity contribution in [3.05, 3.63) is 71.4 Å². The minimum Gasteiger partial charge on any atom is -0.481 e. The number of hydrogen-bond acceptors (Lipinski definition) is 10. The number of primary amides is 1. The second-order valence-electron chi connectivity index (χ2n) is 11.3. The van der Waals surface area contributed by atoms with Gasteiger partial charge in [-0.15, -0.1) is 11.6 Å². The summed E-state index contributed by atoms with van der Waals surface area (Å²) in [4.78, 5) is 34.4. The number of aliphatic carboxylic acids is 1. The number of aliphatic hydroxyl groups excluding tert-OH is 5. The van der Waals surface area contributed by atoms with E-state index >= 15 is 0 Å². The molecular formula is C33H47Cl2NO11. The first-order valence-corrected chi connectivity index (χ1v) is 16.1. The fourth-order valence-electron chi connectivity index (χ4n) is 4.59. The number of esters is 1. The van der Waals surface area contributed by atoms with E-state index in [1.807, 2.05) is 6.92 Å². The smallest absolute Gasteiger partial charge is 0.405 e. The van der Waals surface area contributed by atoms with E-state index in [4.69, 9.17) is 43.5 Å². The van der Waals surface area contributed by atoms with Crippen molar-refractivity contribution in [1.29, 1.82) is 0 Å². The molecule has 0 bridgehead atoms. The summed E-state index contributed by atoms with van der Waals surface area (Å²) < 4.78 is 10.1. The van der Waals surface area contributed by atoms with E-state index < -0.39 is 84.4 Å². The summed E-state index contributed by atoms with van der Waals surface area (Å²) in [7, 11) is 0. The van der Waals surface area contributed by atoms with Crippen molar-refractivity contribution in [2.45, 2.75) is 101 Å². The Morgan fingerprint density at radius 3 is 2.23 bits per heavy atom. The zero-order valence-corrected chi connectivity index (χ0v) is 28.2. The number of halogens is 2. The first kappa shape index (κ1) is 42.1. The summed E-state index contributed by atoms with van der Waals surface area (Å²) in [6.45, 7) is 5.18. The summed E-state index contributed by atoms with van der Waals surface area (Å²) in [5, 5.41) is 60.2. The summed E-state index contributed by atoms with van der Waals surface area (Å²) in [5.74, 6) is -3.13. The third kappa shape index (κ3) is 15.7. The van der Waals surface area contributed by atoms with Crippen LogP contribution in [-0.4, -0.2) is 96.8 Å². The van der Waals surface area contributed by atoms with Gasteiger partial charge in [-0.25, -0.2) is 9.59 Å². The number of aliphatic hydroxyl groups is 5. The Balaban J connectivity index is 2.65. The van der Waals surface area contributed by atoms with Gasteiger partial charge in [0.15, 0.2) is 0 Å². The molecule has 264 valence electrons. The lowest BCUT2D eigenvalue weighted by Crippen LogP contribution is -2.45. The fourth-order valence-corrected chi connectivity index (χ4v) is 5.03. The third-order valence-corrected chi connectivity index (χ3v) is 8.48. The molecule has 1 saturated carbocycles. The molecule has 1 fully saturated rings. The van der Waals surface area contributed by atoms with Crippen LogP contribution in [0, 0.1) is 11.8 Å². The molecule has 0 spiro atoms. The maximum atomic E-state index is 12.1. The average Bonchev–Trinajstić information content (AvgIpc) is 3.02. The van der Waals surface area contributed by atoms with E-state index in [0.29, 0.717) is 12.8 Å². The van der Waals surface area contributed by atoms with Gasteiger partial charge in [0.25, 0.3) is 0 Å². The highest BCUT2D eigenvalue weighted by Crippen LogP contribution is 2.28. The number of carboxylic acids is 1. The maximum Gasteiger partial charge on any atom is 0.405 e. The Morgan fingerprint density at radius 2 is 1.62 bits per heavy atom. The minimum atomic E-state index is -1.69. The van der Waals surface area contributed by atoms with E-state index in [1.54, 1.807) is 50.3 Å². The molecule has 1 amide bonds. The molecule has 0 saturated heterocycles. The normalized spacial score (nSPS) is 24.3. The highest BCUT2D eigenvalue weighted by Gasteiger charge is 2.36. The third-order valence-electron chi connectivity index (χ3n) is 7.47. The number of allylic oxidation sites excluding steroid dienone is 9. The van der Waals surface area contributed by atoms with E-state index in [-0.39, 0.29) is 17.9 Å². The molecule has 10 atom stereocenters. The molecule has 0 aromatic carbocycles. The number of carbonyl (C=O) groups is 3. The van der Waals surface area contributed by atoms with Gasteiger partial charge < -0.3 is 45.8 Å². The molecule has 0 heterocycles. The number of nitrogens with two attached hydrogens (primary N) is 1. The van der Waals surface area contributed by atoms with Gasteiger partial charge in [0, 0.05) is 29.9 Å². The molecule has 47 heavy (non-hydrogen) atoms. The van der Waals surface area contributed by atoms with Crippen LogP contribution in [0.3, 0.4) is 0 Å². The van der Waals surface area contributed by atoms with E-state index in [1.165, 1.54) is 24.3 Å². The molecule has 12 nitrogen and oxygen atoms in total. The van der Waals surface area contributed by atoms with Crippen molar-refractivity contribution >= 4 is 41.2 Å². The highest BCUT2D eigenvalue weighted by atomic mass is 35.5. The van der Waals surface area contributed by atoms with E-state index in [9.17, 15) is 39.9 Å². The van der Waals surface area contributed by atoms with Gasteiger partial charge in [0.05, 0.1) is 30.3 Å². The zero-order valence-electron chi connectivity index (χ0n) is 26.6. The molecule has 14 heteroatoms. The topological polar surface area (TPSA) is 217 Å². The number of amides is 1. The van der Waals surface area contributed by atoms with Crippen LogP contribution in [0.1, 0.15) is 52.9 Å². The lowest BCUT2D eigenvalue weighted by molar-refractivity contribution is -0.159. The van der Waals surface area contributed by atoms with E-state index in [0.717, 1.165) is 5.57 Å². The Hall–Kier alpha value is -2.97. The Bertz CT molecular complexity index is 1200. The van der Waals surface area contributed by atoms with Crippen LogP contribution < -0.4 is 5.73 Å². The van der Waals surface area contributed by atoms with Gasteiger partial charge in [-0.05, 0) is 38.3 Å². The second-order valence-corrected chi connectivity index (χ2v) is 12.2. The Labute approximate surface area is 285 Å². The lowest BCUT2D eigenvalue weighted by Gasteiger charge is -2.30. The summed E-state index contributed by atoms with van der Waals surface area (Å²) in [6.07, 6.45) is 6.21. The van der Waals surface area contributed by atoms with Gasteiger partial charge in [0.1, 0.15) is 23.7 Å². The highest BCUT2D eigenvalue weighted by molar-refractivity contribution is 6.30. The van der Waals surface area contributed by atoms with Gasteiger partial charge in [-0.1, -0.05) is 73.6 Å². The van der Waals surface area contributed by atoms with Gasteiger partial charge in [-0.2, -0.15) is 0 Å². The SMILES string of the molecule is CC/C=C/C(OC(N)=O)C(Cl)C(O)CC(O)C(O)C(O)C(C)/C(Cl)=C/C=C/C=C(C)/C=C/C=C/C(=O)OC1CC(C(=O)O)CCC1O. The van der Waals surface area contributed by atoms with Crippen LogP contribution in [0.25, 0.3) is 0 Å². The standard InChI is InChI=1S/C33H47Cl2NO11/c1-4-5-13-26(47-33(36)45)29(35)24(38)18-25(39)31(42)30(41)20(3)22(34)12-8-6-10-19(2)11-7-9-14-28(40)46-27-17-21(32(43)44)15-16-23(27)37/h5-14,20-21,23-27,29-31,37-39,41-42H,4,15-18H2,1-3H3,(H2,36,45)(H,43,44)/b8-6+,11-7+,13-5+,14-9+,19-10+,22-12-. The molecule has 0 aromatic rings. The van der Waals surface area contributed by atoms with Gasteiger partial charge in [0.2, 0.25) is 0 Å². The number of carbonyl (C=O) groups excluding carboxylic acids is 2. The molecular weight excluding hydrogens is 657 g/mol. The van der Waals surface area contributed by atoms with Crippen LogP contribution in [0.5, 0.6) is 0 Å². The number of alkyl halides is 1. The first-order chi connectivity index (χ1) is 22.1. The zero-order chi connectivity index (χ0) is 35.7. The van der Waals surface area contributed by atoms with Crippen molar-refractivity contribution in [3.8, 4) is 0 Å². The number of hydrogen-bond donors (Lipinski definition) is 7. The van der Waals surface area contributed by atoms with Gasteiger partial charge in [-0.3, -0.25) is 4.79 Å². The molecule has 0 radical (unpaired) electrons. The Morgan fingerprint density at radius 1 is 0.979 bits per heavy atom. The molecule has 1 aliphatic carbocycles.